The Morgan fingerprint density at radius 2 is 2.04 bits per heavy atom. The summed E-state index contributed by atoms with van der Waals surface area (Å²) < 4.78 is 13.6. The highest BCUT2D eigenvalue weighted by Crippen LogP contribution is 2.22. The molecule has 0 aliphatic rings. The van der Waals surface area contributed by atoms with E-state index in [1.165, 1.54) is 12.1 Å². The van der Waals surface area contributed by atoms with Crippen LogP contribution in [0.5, 0.6) is 0 Å². The molecule has 0 fully saturated rings. The van der Waals surface area contributed by atoms with Gasteiger partial charge in [0.2, 0.25) is 0 Å². The van der Waals surface area contributed by atoms with Crippen molar-refractivity contribution in [3.05, 3.63) is 65.7 Å². The zero-order valence-corrected chi connectivity index (χ0v) is 12.8. The van der Waals surface area contributed by atoms with Crippen LogP contribution < -0.4 is 5.32 Å². The summed E-state index contributed by atoms with van der Waals surface area (Å²) in [6.07, 6.45) is 1.71. The van der Waals surface area contributed by atoms with Crippen LogP contribution in [0.2, 0.25) is 0 Å². The molecule has 24 heavy (non-hydrogen) atoms. The predicted molar refractivity (Wildman–Crippen MR) is 90.5 cm³/mol. The van der Waals surface area contributed by atoms with Crippen LogP contribution in [-0.2, 0) is 0 Å². The van der Waals surface area contributed by atoms with E-state index in [0.29, 0.717) is 27.8 Å². The van der Waals surface area contributed by atoms with E-state index in [9.17, 15) is 9.18 Å². The number of halogens is 1. The summed E-state index contributed by atoms with van der Waals surface area (Å²) >= 11 is 0. The van der Waals surface area contributed by atoms with E-state index < -0.39 is 5.82 Å². The zero-order valence-electron chi connectivity index (χ0n) is 12.8. The summed E-state index contributed by atoms with van der Waals surface area (Å²) in [6, 6.07) is 11.4. The van der Waals surface area contributed by atoms with Crippen LogP contribution in [0.4, 0.5) is 10.1 Å². The number of aromatic amines is 1. The molecular formula is C18H13FN4O. The first-order chi connectivity index (χ1) is 11.6. The van der Waals surface area contributed by atoms with Crippen LogP contribution >= 0.6 is 0 Å². The van der Waals surface area contributed by atoms with Gasteiger partial charge in [0.15, 0.2) is 0 Å². The van der Waals surface area contributed by atoms with Crippen molar-refractivity contribution < 1.29 is 9.18 Å². The van der Waals surface area contributed by atoms with Crippen LogP contribution in [0.15, 0.2) is 48.7 Å². The number of nitrogens with one attached hydrogen (secondary N) is 2. The molecule has 118 valence electrons. The number of H-pyrrole nitrogens is 1. The van der Waals surface area contributed by atoms with Gasteiger partial charge in [-0.3, -0.25) is 14.9 Å². The molecule has 4 rings (SSSR count). The van der Waals surface area contributed by atoms with Gasteiger partial charge in [-0.2, -0.15) is 5.10 Å². The number of aromatic nitrogens is 3. The van der Waals surface area contributed by atoms with E-state index in [0.717, 1.165) is 10.9 Å². The van der Waals surface area contributed by atoms with Gasteiger partial charge in [-0.25, -0.2) is 4.39 Å². The molecule has 0 unspecified atom stereocenters. The second kappa shape index (κ2) is 5.42. The standard InChI is InChI=1S/C18H13FN4O/c1-10-6-15(14-7-12(19)3-5-16(14)21-10)18(24)22-13-4-2-11-9-20-23-17(11)8-13/h2-9H,1H3,(H,20,23)(H,22,24). The van der Waals surface area contributed by atoms with Gasteiger partial charge in [0.05, 0.1) is 22.8 Å². The van der Waals surface area contributed by atoms with Gasteiger partial charge in [0, 0.05) is 22.2 Å². The highest BCUT2D eigenvalue weighted by Gasteiger charge is 2.13. The van der Waals surface area contributed by atoms with Gasteiger partial charge < -0.3 is 5.32 Å². The average molecular weight is 320 g/mol. The monoisotopic (exact) mass is 320 g/mol. The third kappa shape index (κ3) is 2.48. The van der Waals surface area contributed by atoms with Crippen LogP contribution in [0.25, 0.3) is 21.8 Å². The minimum Gasteiger partial charge on any atom is -0.322 e. The lowest BCUT2D eigenvalue weighted by atomic mass is 10.1. The number of nitrogens with zero attached hydrogens (tertiary/aromatic N) is 2. The fraction of sp³-hybridized carbons (Fsp3) is 0.0556. The minimum absolute atomic E-state index is 0.310. The van der Waals surface area contributed by atoms with Crippen molar-refractivity contribution >= 4 is 33.4 Å². The topological polar surface area (TPSA) is 70.7 Å². The van der Waals surface area contributed by atoms with E-state index in [1.807, 2.05) is 6.07 Å². The fourth-order valence-corrected chi connectivity index (χ4v) is 2.73. The smallest absolute Gasteiger partial charge is 0.256 e. The van der Waals surface area contributed by atoms with E-state index in [4.69, 9.17) is 0 Å². The summed E-state index contributed by atoms with van der Waals surface area (Å²) in [4.78, 5) is 17.0. The summed E-state index contributed by atoms with van der Waals surface area (Å²) in [5.41, 5.74) is 3.14. The van der Waals surface area contributed by atoms with Gasteiger partial charge >= 0.3 is 0 Å². The van der Waals surface area contributed by atoms with E-state index in [2.05, 4.69) is 20.5 Å². The number of fused-ring (bicyclic) bond motifs is 2. The molecule has 0 saturated heterocycles. The molecule has 1 amide bonds. The van der Waals surface area contributed by atoms with Crippen LogP contribution in [0.3, 0.4) is 0 Å². The number of hydrogen-bond donors (Lipinski definition) is 2. The molecule has 2 heterocycles. The highest BCUT2D eigenvalue weighted by atomic mass is 19.1. The van der Waals surface area contributed by atoms with Gasteiger partial charge in [-0.15, -0.1) is 0 Å². The number of anilines is 1. The molecule has 2 N–H and O–H groups in total. The van der Waals surface area contributed by atoms with Gasteiger partial charge in [0.1, 0.15) is 5.82 Å². The molecule has 0 atom stereocenters. The van der Waals surface area contributed by atoms with Crippen molar-refractivity contribution in [1.82, 2.24) is 15.2 Å². The maximum absolute atomic E-state index is 13.6. The molecule has 0 bridgehead atoms. The lowest BCUT2D eigenvalue weighted by molar-refractivity contribution is 0.102. The molecule has 6 heteroatoms. The first-order valence-electron chi connectivity index (χ1n) is 7.41. The van der Waals surface area contributed by atoms with Crippen LogP contribution in [0.1, 0.15) is 16.1 Å². The van der Waals surface area contributed by atoms with E-state index in [1.54, 1.807) is 37.4 Å². The number of aryl methyl sites for hydroxylation is 1. The Bertz CT molecular complexity index is 1090. The Morgan fingerprint density at radius 3 is 2.92 bits per heavy atom. The molecule has 2 aromatic heterocycles. The molecule has 4 aromatic rings. The number of carbonyl (C=O) groups is 1. The summed E-state index contributed by atoms with van der Waals surface area (Å²) in [6.45, 7) is 1.80. The van der Waals surface area contributed by atoms with Crippen molar-refractivity contribution in [3.8, 4) is 0 Å². The maximum atomic E-state index is 13.6. The predicted octanol–water partition coefficient (Wildman–Crippen LogP) is 3.81. The Kier molecular flexibility index (Phi) is 3.23. The fourth-order valence-electron chi connectivity index (χ4n) is 2.73. The first kappa shape index (κ1) is 14.3. The Morgan fingerprint density at radius 1 is 1.17 bits per heavy atom. The molecule has 2 aromatic carbocycles. The molecule has 0 aliphatic carbocycles. The largest absolute Gasteiger partial charge is 0.322 e. The van der Waals surface area contributed by atoms with Crippen molar-refractivity contribution in [1.29, 1.82) is 0 Å². The molecular weight excluding hydrogens is 307 g/mol. The number of benzene rings is 2. The molecule has 5 nitrogen and oxygen atoms in total. The third-order valence-electron chi connectivity index (χ3n) is 3.84. The SMILES string of the molecule is Cc1cc(C(=O)Nc2ccc3cn[nH]c3c2)c2cc(F)ccc2n1. The zero-order chi connectivity index (χ0) is 16.7. The highest BCUT2D eigenvalue weighted by molar-refractivity contribution is 6.12. The molecule has 0 aliphatic heterocycles. The number of carbonyl (C=O) groups excluding carboxylic acids is 1. The maximum Gasteiger partial charge on any atom is 0.256 e. The molecule has 0 spiro atoms. The normalized spacial score (nSPS) is 11.1. The van der Waals surface area contributed by atoms with E-state index in [-0.39, 0.29) is 5.91 Å². The first-order valence-corrected chi connectivity index (χ1v) is 7.41. The second-order valence-corrected chi connectivity index (χ2v) is 5.60. The lowest BCUT2D eigenvalue weighted by Gasteiger charge is -2.09. The number of amides is 1. The Hall–Kier alpha value is -3.28. The van der Waals surface area contributed by atoms with Gasteiger partial charge in [-0.1, -0.05) is 0 Å². The number of pyridine rings is 1. The van der Waals surface area contributed by atoms with Crippen molar-refractivity contribution in [3.63, 3.8) is 0 Å². The Labute approximate surface area is 136 Å². The summed E-state index contributed by atoms with van der Waals surface area (Å²) in [5, 5.41) is 11.1. The third-order valence-corrected chi connectivity index (χ3v) is 3.84. The summed E-state index contributed by atoms with van der Waals surface area (Å²) in [7, 11) is 0. The molecule has 0 saturated carbocycles. The number of rotatable bonds is 2. The number of hydrogen-bond acceptors (Lipinski definition) is 3. The minimum atomic E-state index is -0.402. The average Bonchev–Trinajstić information content (AvgIpc) is 3.02. The molecule has 0 radical (unpaired) electrons. The van der Waals surface area contributed by atoms with Crippen LogP contribution in [0, 0.1) is 12.7 Å². The van der Waals surface area contributed by atoms with Crippen molar-refractivity contribution in [2.75, 3.05) is 5.32 Å². The van der Waals surface area contributed by atoms with Crippen LogP contribution in [-0.4, -0.2) is 21.1 Å². The van der Waals surface area contributed by atoms with Gasteiger partial charge in [0.25, 0.3) is 5.91 Å². The van der Waals surface area contributed by atoms with Crippen molar-refractivity contribution in [2.45, 2.75) is 6.92 Å². The second-order valence-electron chi connectivity index (χ2n) is 5.60. The van der Waals surface area contributed by atoms with E-state index >= 15 is 0 Å². The lowest BCUT2D eigenvalue weighted by Crippen LogP contribution is -2.13. The summed E-state index contributed by atoms with van der Waals surface area (Å²) in [5.74, 6) is -0.712. The quantitative estimate of drug-likeness (QED) is 0.590. The Balaban J connectivity index is 1.75. The van der Waals surface area contributed by atoms with Crippen molar-refractivity contribution in [2.24, 2.45) is 0 Å². The van der Waals surface area contributed by atoms with Gasteiger partial charge in [-0.05, 0) is 49.4 Å².